The minimum absolute atomic E-state index is 0.230. The normalized spacial score (nSPS) is 14.3. The third-order valence-electron chi connectivity index (χ3n) is 4.77. The fourth-order valence-corrected chi connectivity index (χ4v) is 3.39. The molecule has 0 aromatic heterocycles. The summed E-state index contributed by atoms with van der Waals surface area (Å²) in [5.41, 5.74) is 0. The van der Waals surface area contributed by atoms with Crippen molar-refractivity contribution in [2.45, 2.75) is 112 Å². The van der Waals surface area contributed by atoms with Crippen molar-refractivity contribution in [1.29, 1.82) is 0 Å². The van der Waals surface area contributed by atoms with E-state index in [1.54, 1.807) is 0 Å². The molecule has 0 rings (SSSR count). The van der Waals surface area contributed by atoms with Crippen LogP contribution in [0.1, 0.15) is 91.9 Å². The van der Waals surface area contributed by atoms with Gasteiger partial charge >= 0.3 is 43.0 Å². The summed E-state index contributed by atoms with van der Waals surface area (Å²) in [6.07, 6.45) is 10.5. The summed E-state index contributed by atoms with van der Waals surface area (Å²) >= 11 is 8.31. The average Bonchev–Trinajstić information content (AvgIpc) is 2.68. The summed E-state index contributed by atoms with van der Waals surface area (Å²) in [5.74, 6) is -0.534. The molecule has 0 heterocycles. The Morgan fingerprint density at radius 3 is 1.21 bits per heavy atom. The molecule has 0 amide bonds. The standard InChI is InChI=1S/2C10H20O2S.2CH3.Sn/c2*1-3-5-6-8(4-2)7-9(13)10(11)12;;;/h2*8-9,13H,3-7H2,1-2H3,(H,11,12);2*1H3;. The predicted molar refractivity (Wildman–Crippen MR) is 134 cm³/mol. The minimum atomic E-state index is -0.793. The van der Waals surface area contributed by atoms with Crippen molar-refractivity contribution in [3.05, 3.63) is 0 Å². The molecule has 0 saturated carbocycles. The first-order valence-corrected chi connectivity index (χ1v) is 17.8. The van der Waals surface area contributed by atoms with Gasteiger partial charge in [-0.3, -0.25) is 9.59 Å². The number of rotatable bonds is 14. The van der Waals surface area contributed by atoms with Crippen LogP contribution in [0.5, 0.6) is 0 Å². The summed E-state index contributed by atoms with van der Waals surface area (Å²) in [4.78, 5) is 25.7. The van der Waals surface area contributed by atoms with Crippen LogP contribution in [-0.4, -0.2) is 53.8 Å². The van der Waals surface area contributed by atoms with Crippen LogP contribution in [-0.2, 0) is 9.59 Å². The van der Waals surface area contributed by atoms with Crippen LogP contribution in [0.25, 0.3) is 0 Å². The van der Waals surface area contributed by atoms with E-state index in [-0.39, 0.29) is 21.1 Å². The topological polar surface area (TPSA) is 74.6 Å². The Bertz CT molecular complexity index is 350. The van der Waals surface area contributed by atoms with Gasteiger partial charge in [0.2, 0.25) is 0 Å². The molecule has 0 aliphatic rings. The third kappa shape index (κ3) is 24.6. The second-order valence-electron chi connectivity index (χ2n) is 7.51. The molecule has 4 unspecified atom stereocenters. The summed E-state index contributed by atoms with van der Waals surface area (Å²) in [6.45, 7) is 8.54. The molecule has 4 nitrogen and oxygen atoms in total. The van der Waals surface area contributed by atoms with Crippen molar-refractivity contribution < 1.29 is 19.8 Å². The molecule has 0 saturated heterocycles. The first-order valence-electron chi connectivity index (χ1n) is 11.0. The Labute approximate surface area is 201 Å². The molecule has 4 atom stereocenters. The number of aliphatic carboxylic acids is 2. The molecule has 174 valence electrons. The SMILES string of the molecule is CCCCC(CC)CC(S)C(=O)O.CCCCC(CC)CC(S)C(=O)O.[CH3][Sn][CH3]. The molecule has 0 aliphatic carbocycles. The van der Waals surface area contributed by atoms with Gasteiger partial charge in [-0.15, -0.1) is 0 Å². The van der Waals surface area contributed by atoms with E-state index < -0.39 is 22.4 Å². The molecular weight excluding hydrogens is 511 g/mol. The van der Waals surface area contributed by atoms with Gasteiger partial charge in [0.25, 0.3) is 0 Å². The zero-order chi connectivity index (χ0) is 23.2. The summed E-state index contributed by atoms with van der Waals surface area (Å²) in [5, 5.41) is 16.4. The molecule has 0 bridgehead atoms. The van der Waals surface area contributed by atoms with Gasteiger partial charge in [0.1, 0.15) is 0 Å². The van der Waals surface area contributed by atoms with Crippen LogP contribution in [0.15, 0.2) is 0 Å². The van der Waals surface area contributed by atoms with E-state index in [0.717, 1.165) is 25.7 Å². The van der Waals surface area contributed by atoms with E-state index >= 15 is 0 Å². The van der Waals surface area contributed by atoms with Gasteiger partial charge in [0.05, 0.1) is 10.5 Å². The molecule has 0 fully saturated rings. The van der Waals surface area contributed by atoms with Crippen molar-refractivity contribution in [3.63, 3.8) is 0 Å². The summed E-state index contributed by atoms with van der Waals surface area (Å²) < 4.78 is 0. The Hall–Kier alpha value is 0.439. The van der Waals surface area contributed by atoms with Gasteiger partial charge in [0.15, 0.2) is 0 Å². The molecule has 0 spiro atoms. The van der Waals surface area contributed by atoms with Crippen molar-refractivity contribution in [2.24, 2.45) is 11.8 Å². The molecular formula is C22H46O4S2Sn. The van der Waals surface area contributed by atoms with Gasteiger partial charge in [0, 0.05) is 0 Å². The fourth-order valence-electron chi connectivity index (χ4n) is 2.80. The monoisotopic (exact) mass is 558 g/mol. The van der Waals surface area contributed by atoms with Crippen molar-refractivity contribution in [1.82, 2.24) is 0 Å². The Morgan fingerprint density at radius 2 is 1.03 bits per heavy atom. The van der Waals surface area contributed by atoms with E-state index in [1.165, 1.54) is 25.7 Å². The first kappa shape index (κ1) is 34.1. The molecule has 0 aliphatic heterocycles. The number of carboxylic acids is 2. The third-order valence-corrected chi connectivity index (χ3v) is 5.63. The van der Waals surface area contributed by atoms with E-state index in [9.17, 15) is 9.59 Å². The van der Waals surface area contributed by atoms with E-state index in [2.05, 4.69) is 62.8 Å². The molecule has 7 heteroatoms. The van der Waals surface area contributed by atoms with Crippen LogP contribution < -0.4 is 0 Å². The molecule has 2 radical (unpaired) electrons. The molecule has 29 heavy (non-hydrogen) atoms. The average molecular weight is 557 g/mol. The predicted octanol–water partition coefficient (Wildman–Crippen LogP) is 6.74. The Morgan fingerprint density at radius 1 is 0.759 bits per heavy atom. The van der Waals surface area contributed by atoms with Crippen LogP contribution in [0.4, 0.5) is 0 Å². The van der Waals surface area contributed by atoms with Crippen LogP contribution in [0.2, 0.25) is 9.88 Å². The van der Waals surface area contributed by atoms with E-state index in [1.807, 2.05) is 0 Å². The number of thiol groups is 2. The van der Waals surface area contributed by atoms with Crippen LogP contribution >= 0.6 is 25.3 Å². The maximum absolute atomic E-state index is 10.5. The molecule has 2 N–H and O–H groups in total. The molecule has 0 aromatic rings. The van der Waals surface area contributed by atoms with Crippen molar-refractivity contribution in [3.8, 4) is 0 Å². The van der Waals surface area contributed by atoms with E-state index in [4.69, 9.17) is 10.2 Å². The zero-order valence-corrected chi connectivity index (χ0v) is 24.1. The van der Waals surface area contributed by atoms with Crippen LogP contribution in [0.3, 0.4) is 0 Å². The van der Waals surface area contributed by atoms with Crippen molar-refractivity contribution in [2.75, 3.05) is 0 Å². The second-order valence-corrected chi connectivity index (χ2v) is 11.6. The molecule has 0 aromatic carbocycles. The number of hydrogen-bond acceptors (Lipinski definition) is 4. The van der Waals surface area contributed by atoms with Gasteiger partial charge in [-0.1, -0.05) is 79.1 Å². The van der Waals surface area contributed by atoms with Crippen LogP contribution in [0, 0.1) is 11.8 Å². The first-order chi connectivity index (χ1) is 13.6. The quantitative estimate of drug-likeness (QED) is 0.141. The Balaban J connectivity index is -0.000000410. The Kier molecular flexibility index (Phi) is 29.0. The second kappa shape index (κ2) is 24.7. The zero-order valence-electron chi connectivity index (χ0n) is 19.5. The number of carboxylic acid groups (broad SMARTS) is 2. The fraction of sp³-hybridized carbons (Fsp3) is 0.909. The van der Waals surface area contributed by atoms with Gasteiger partial charge in [-0.25, -0.2) is 0 Å². The maximum atomic E-state index is 10.5. The van der Waals surface area contributed by atoms with Gasteiger partial charge in [-0.05, 0) is 24.7 Å². The number of unbranched alkanes of at least 4 members (excludes halogenated alkanes) is 2. The number of carbonyl (C=O) groups is 2. The summed E-state index contributed by atoms with van der Waals surface area (Å²) in [7, 11) is 0. The van der Waals surface area contributed by atoms with E-state index in [0.29, 0.717) is 24.7 Å². The summed E-state index contributed by atoms with van der Waals surface area (Å²) in [6, 6.07) is 0. The van der Waals surface area contributed by atoms with Gasteiger partial charge < -0.3 is 10.2 Å². The number of hydrogen-bond donors (Lipinski definition) is 4. The van der Waals surface area contributed by atoms with Gasteiger partial charge in [-0.2, -0.15) is 25.3 Å². The van der Waals surface area contributed by atoms with Crippen molar-refractivity contribution >= 4 is 58.3 Å².